The largest absolute Gasteiger partial charge is 0.322 e. The second-order valence-electron chi connectivity index (χ2n) is 7.48. The van der Waals surface area contributed by atoms with Gasteiger partial charge in [0.15, 0.2) is 6.04 Å². The third-order valence-corrected chi connectivity index (χ3v) is 5.40. The van der Waals surface area contributed by atoms with Gasteiger partial charge < -0.3 is 15.1 Å². The van der Waals surface area contributed by atoms with Gasteiger partial charge in [-0.25, -0.2) is 0 Å². The molecule has 1 amide bonds. The van der Waals surface area contributed by atoms with E-state index in [2.05, 4.69) is 42.6 Å². The number of nitrogens with zero attached hydrogens (tertiary/aromatic N) is 1. The SMILES string of the molecule is Cc1cccc(C[NH+]2CC[NH+]([C@@H](C)C(=O)Nc3cccc(C#N)c3)CC2)c1. The second kappa shape index (κ2) is 8.81. The van der Waals surface area contributed by atoms with Gasteiger partial charge in [0.1, 0.15) is 32.7 Å². The van der Waals surface area contributed by atoms with E-state index in [0.29, 0.717) is 11.3 Å². The van der Waals surface area contributed by atoms with E-state index in [1.165, 1.54) is 16.0 Å². The molecule has 0 spiro atoms. The first-order valence-corrected chi connectivity index (χ1v) is 9.60. The van der Waals surface area contributed by atoms with Crippen LogP contribution in [0.25, 0.3) is 0 Å². The van der Waals surface area contributed by atoms with E-state index in [1.54, 1.807) is 23.1 Å². The number of nitriles is 1. The molecule has 140 valence electrons. The number of quaternary nitrogens is 2. The maximum absolute atomic E-state index is 12.6. The quantitative estimate of drug-likeness (QED) is 0.709. The van der Waals surface area contributed by atoms with E-state index in [9.17, 15) is 4.79 Å². The summed E-state index contributed by atoms with van der Waals surface area (Å²) in [7, 11) is 0. The Balaban J connectivity index is 1.51. The molecule has 1 saturated heterocycles. The maximum Gasteiger partial charge on any atom is 0.282 e. The molecule has 5 nitrogen and oxygen atoms in total. The number of piperazine rings is 1. The van der Waals surface area contributed by atoms with Gasteiger partial charge in [0.2, 0.25) is 0 Å². The number of hydrogen-bond acceptors (Lipinski definition) is 2. The van der Waals surface area contributed by atoms with E-state index in [-0.39, 0.29) is 11.9 Å². The van der Waals surface area contributed by atoms with Crippen molar-refractivity contribution in [2.45, 2.75) is 26.4 Å². The Kier molecular flexibility index (Phi) is 6.23. The van der Waals surface area contributed by atoms with Gasteiger partial charge in [-0.3, -0.25) is 4.79 Å². The van der Waals surface area contributed by atoms with E-state index in [4.69, 9.17) is 5.26 Å². The molecule has 0 aliphatic carbocycles. The number of hydrogen-bond donors (Lipinski definition) is 3. The summed E-state index contributed by atoms with van der Waals surface area (Å²) in [6, 6.07) is 17.8. The van der Waals surface area contributed by atoms with Crippen LogP contribution in [-0.2, 0) is 11.3 Å². The molecule has 0 bridgehead atoms. The number of rotatable bonds is 5. The standard InChI is InChI=1S/C22H26N4O/c1-17-5-3-7-20(13-17)16-25-9-11-26(12-10-25)18(2)22(27)24-21-8-4-6-19(14-21)15-23/h3-8,13-14,18H,9-12,16H2,1-2H3,(H,24,27)/p+2/t18-/m0/s1. The van der Waals surface area contributed by atoms with Crippen LogP contribution in [-0.4, -0.2) is 38.1 Å². The molecule has 1 atom stereocenters. The van der Waals surface area contributed by atoms with Crippen molar-refractivity contribution in [1.82, 2.24) is 0 Å². The lowest BCUT2D eigenvalue weighted by atomic mass is 10.1. The molecule has 0 radical (unpaired) electrons. The summed E-state index contributed by atoms with van der Waals surface area (Å²) < 4.78 is 0. The number of benzene rings is 2. The molecule has 1 fully saturated rings. The van der Waals surface area contributed by atoms with Crippen LogP contribution in [0.1, 0.15) is 23.6 Å². The average molecular weight is 364 g/mol. The predicted octanol–water partition coefficient (Wildman–Crippen LogP) is 0.177. The highest BCUT2D eigenvalue weighted by Crippen LogP contribution is 2.09. The van der Waals surface area contributed by atoms with Crippen LogP contribution in [0.4, 0.5) is 5.69 Å². The van der Waals surface area contributed by atoms with Crippen LogP contribution in [0.15, 0.2) is 48.5 Å². The van der Waals surface area contributed by atoms with Crippen LogP contribution in [0.3, 0.4) is 0 Å². The molecular weight excluding hydrogens is 336 g/mol. The maximum atomic E-state index is 12.6. The van der Waals surface area contributed by atoms with Crippen molar-refractivity contribution < 1.29 is 14.6 Å². The molecular formula is C22H28N4O+2. The number of nitrogens with one attached hydrogen (secondary N) is 3. The summed E-state index contributed by atoms with van der Waals surface area (Å²) in [6.07, 6.45) is 0. The minimum atomic E-state index is -0.101. The molecule has 1 heterocycles. The lowest BCUT2D eigenvalue weighted by molar-refractivity contribution is -1.02. The van der Waals surface area contributed by atoms with Crippen molar-refractivity contribution >= 4 is 11.6 Å². The summed E-state index contributed by atoms with van der Waals surface area (Å²) in [5.74, 6) is 0.0159. The molecule has 0 aromatic heterocycles. The summed E-state index contributed by atoms with van der Waals surface area (Å²) in [6.45, 7) is 9.31. The fraction of sp³-hybridized carbons (Fsp3) is 0.364. The van der Waals surface area contributed by atoms with E-state index >= 15 is 0 Å². The van der Waals surface area contributed by atoms with Crippen molar-refractivity contribution in [3.8, 4) is 6.07 Å². The fourth-order valence-corrected chi connectivity index (χ4v) is 3.75. The van der Waals surface area contributed by atoms with Gasteiger partial charge in [0.25, 0.3) is 5.91 Å². The average Bonchev–Trinajstić information content (AvgIpc) is 2.68. The van der Waals surface area contributed by atoms with Crippen molar-refractivity contribution in [3.63, 3.8) is 0 Å². The lowest BCUT2D eigenvalue weighted by Crippen LogP contribution is -3.29. The molecule has 0 saturated carbocycles. The van der Waals surface area contributed by atoms with Crippen LogP contribution >= 0.6 is 0 Å². The third kappa shape index (κ3) is 5.16. The minimum absolute atomic E-state index is 0.0159. The van der Waals surface area contributed by atoms with Crippen molar-refractivity contribution in [2.75, 3.05) is 31.5 Å². The Morgan fingerprint density at radius 1 is 1.15 bits per heavy atom. The van der Waals surface area contributed by atoms with Crippen LogP contribution < -0.4 is 15.1 Å². The zero-order chi connectivity index (χ0) is 19.2. The summed E-state index contributed by atoms with van der Waals surface area (Å²) in [5.41, 5.74) is 3.94. The number of anilines is 1. The smallest absolute Gasteiger partial charge is 0.282 e. The molecule has 2 aromatic carbocycles. The summed E-state index contributed by atoms with van der Waals surface area (Å²) in [4.78, 5) is 15.5. The normalized spacial score (nSPS) is 20.5. The van der Waals surface area contributed by atoms with Crippen molar-refractivity contribution in [2.24, 2.45) is 0 Å². The van der Waals surface area contributed by atoms with Crippen LogP contribution in [0.5, 0.6) is 0 Å². The fourth-order valence-electron chi connectivity index (χ4n) is 3.75. The van der Waals surface area contributed by atoms with Gasteiger partial charge in [0.05, 0.1) is 11.6 Å². The van der Waals surface area contributed by atoms with E-state index in [1.807, 2.05) is 13.0 Å². The Hall–Kier alpha value is -2.68. The molecule has 2 aromatic rings. The van der Waals surface area contributed by atoms with Crippen LogP contribution in [0.2, 0.25) is 0 Å². The zero-order valence-electron chi connectivity index (χ0n) is 16.1. The summed E-state index contributed by atoms with van der Waals surface area (Å²) >= 11 is 0. The highest BCUT2D eigenvalue weighted by Gasteiger charge is 2.31. The van der Waals surface area contributed by atoms with Gasteiger partial charge in [-0.15, -0.1) is 0 Å². The van der Waals surface area contributed by atoms with E-state index in [0.717, 1.165) is 32.7 Å². The lowest BCUT2D eigenvalue weighted by Gasteiger charge is -2.32. The van der Waals surface area contributed by atoms with Crippen molar-refractivity contribution in [3.05, 3.63) is 65.2 Å². The highest BCUT2D eigenvalue weighted by atomic mass is 16.2. The Morgan fingerprint density at radius 2 is 1.89 bits per heavy atom. The number of carbonyl (C=O) groups excluding carboxylic acids is 1. The predicted molar refractivity (Wildman–Crippen MR) is 106 cm³/mol. The zero-order valence-corrected chi connectivity index (χ0v) is 16.1. The monoisotopic (exact) mass is 364 g/mol. The first kappa shape index (κ1) is 19.1. The first-order chi connectivity index (χ1) is 13.0. The molecule has 0 unspecified atom stereocenters. The second-order valence-corrected chi connectivity index (χ2v) is 7.48. The molecule has 3 rings (SSSR count). The van der Waals surface area contributed by atoms with Gasteiger partial charge in [0, 0.05) is 11.3 Å². The number of aryl methyl sites for hydroxylation is 1. The van der Waals surface area contributed by atoms with Gasteiger partial charge in [-0.1, -0.05) is 35.9 Å². The molecule has 3 N–H and O–H groups in total. The molecule has 5 heteroatoms. The van der Waals surface area contributed by atoms with Gasteiger partial charge in [-0.05, 0) is 32.0 Å². The number of amides is 1. The molecule has 27 heavy (non-hydrogen) atoms. The Morgan fingerprint density at radius 3 is 2.59 bits per heavy atom. The third-order valence-electron chi connectivity index (χ3n) is 5.40. The molecule has 1 aliphatic rings. The van der Waals surface area contributed by atoms with Gasteiger partial charge >= 0.3 is 0 Å². The topological polar surface area (TPSA) is 61.8 Å². The Bertz CT molecular complexity index is 834. The number of carbonyl (C=O) groups is 1. The van der Waals surface area contributed by atoms with Crippen LogP contribution in [0, 0.1) is 18.3 Å². The first-order valence-electron chi connectivity index (χ1n) is 9.60. The molecule has 1 aliphatic heterocycles. The van der Waals surface area contributed by atoms with Crippen molar-refractivity contribution in [1.29, 1.82) is 5.26 Å². The van der Waals surface area contributed by atoms with Gasteiger partial charge in [-0.2, -0.15) is 5.26 Å². The van der Waals surface area contributed by atoms with E-state index < -0.39 is 0 Å². The highest BCUT2D eigenvalue weighted by molar-refractivity contribution is 5.93. The minimum Gasteiger partial charge on any atom is -0.322 e. The Labute approximate surface area is 161 Å². The summed E-state index contributed by atoms with van der Waals surface area (Å²) in [5, 5.41) is 11.9.